The molecule has 1 atom stereocenters. The molecule has 1 unspecified atom stereocenters. The molecule has 0 aliphatic carbocycles. The Labute approximate surface area is 134 Å². The SMILES string of the molecule is CC(=CCC/C(C)=C/CO)C(C)CC(=O)c1ccc(C)cc1. The van der Waals surface area contributed by atoms with Gasteiger partial charge in [-0.3, -0.25) is 4.79 Å². The Kier molecular flexibility index (Phi) is 7.83. The first-order chi connectivity index (χ1) is 10.4. The van der Waals surface area contributed by atoms with Gasteiger partial charge in [0.15, 0.2) is 5.78 Å². The van der Waals surface area contributed by atoms with Crippen LogP contribution in [0.2, 0.25) is 0 Å². The van der Waals surface area contributed by atoms with Crippen LogP contribution in [0.4, 0.5) is 0 Å². The van der Waals surface area contributed by atoms with Gasteiger partial charge in [0.25, 0.3) is 0 Å². The van der Waals surface area contributed by atoms with Crippen molar-refractivity contribution in [1.82, 2.24) is 0 Å². The van der Waals surface area contributed by atoms with Crippen LogP contribution >= 0.6 is 0 Å². The summed E-state index contributed by atoms with van der Waals surface area (Å²) in [5.74, 6) is 0.465. The zero-order chi connectivity index (χ0) is 16.5. The van der Waals surface area contributed by atoms with Gasteiger partial charge in [-0.05, 0) is 39.5 Å². The van der Waals surface area contributed by atoms with E-state index in [0.717, 1.165) is 18.4 Å². The van der Waals surface area contributed by atoms with Gasteiger partial charge in [-0.25, -0.2) is 0 Å². The Morgan fingerprint density at radius 1 is 1.18 bits per heavy atom. The smallest absolute Gasteiger partial charge is 0.163 e. The molecule has 1 aromatic carbocycles. The van der Waals surface area contributed by atoms with Crippen LogP contribution in [-0.2, 0) is 0 Å². The third-order valence-electron chi connectivity index (χ3n) is 4.09. The molecule has 120 valence electrons. The summed E-state index contributed by atoms with van der Waals surface area (Å²) in [5, 5.41) is 8.83. The molecule has 0 fully saturated rings. The van der Waals surface area contributed by atoms with E-state index in [2.05, 4.69) is 19.9 Å². The fraction of sp³-hybridized carbons (Fsp3) is 0.450. The van der Waals surface area contributed by atoms with Crippen molar-refractivity contribution in [2.24, 2.45) is 5.92 Å². The second-order valence-corrected chi connectivity index (χ2v) is 6.11. The number of carbonyl (C=O) groups is 1. The average molecular weight is 300 g/mol. The van der Waals surface area contributed by atoms with E-state index in [4.69, 9.17) is 5.11 Å². The Morgan fingerprint density at radius 3 is 2.41 bits per heavy atom. The molecule has 0 amide bonds. The molecule has 0 bridgehead atoms. The summed E-state index contributed by atoms with van der Waals surface area (Å²) in [6.45, 7) is 8.36. The van der Waals surface area contributed by atoms with E-state index in [-0.39, 0.29) is 18.3 Å². The molecule has 22 heavy (non-hydrogen) atoms. The number of allylic oxidation sites excluding steroid dienone is 3. The standard InChI is InChI=1S/C20H28O2/c1-15(12-13-21)6-5-7-17(3)18(4)14-20(22)19-10-8-16(2)9-11-19/h7-12,18,21H,5-6,13-14H2,1-4H3/b15-12+,17-7?. The van der Waals surface area contributed by atoms with Gasteiger partial charge in [-0.1, -0.05) is 60.1 Å². The Hall–Kier alpha value is -1.67. The van der Waals surface area contributed by atoms with Crippen molar-refractivity contribution in [2.45, 2.75) is 47.0 Å². The number of hydrogen-bond acceptors (Lipinski definition) is 2. The first-order valence-electron chi connectivity index (χ1n) is 7.97. The molecule has 2 heteroatoms. The summed E-state index contributed by atoms with van der Waals surface area (Å²) in [5.41, 5.74) is 4.44. The van der Waals surface area contributed by atoms with Crippen LogP contribution in [0.5, 0.6) is 0 Å². The van der Waals surface area contributed by atoms with Crippen LogP contribution in [0.3, 0.4) is 0 Å². The number of hydrogen-bond donors (Lipinski definition) is 1. The normalized spacial score (nSPS) is 14.0. The predicted octanol–water partition coefficient (Wildman–Crippen LogP) is 4.87. The molecular weight excluding hydrogens is 272 g/mol. The van der Waals surface area contributed by atoms with Gasteiger partial charge in [0.05, 0.1) is 6.61 Å². The Balaban J connectivity index is 2.52. The number of Topliss-reactive ketones (excluding diaryl/α,β-unsaturated/α-hetero) is 1. The highest BCUT2D eigenvalue weighted by atomic mass is 16.2. The lowest BCUT2D eigenvalue weighted by Crippen LogP contribution is -2.07. The number of ketones is 1. The number of aliphatic hydroxyl groups excluding tert-OH is 1. The molecule has 1 aromatic rings. The molecule has 0 spiro atoms. The summed E-state index contributed by atoms with van der Waals surface area (Å²) in [6.07, 6.45) is 6.51. The van der Waals surface area contributed by atoms with Crippen LogP contribution < -0.4 is 0 Å². The van der Waals surface area contributed by atoms with E-state index in [1.807, 2.05) is 44.2 Å². The van der Waals surface area contributed by atoms with Gasteiger partial charge in [0, 0.05) is 12.0 Å². The van der Waals surface area contributed by atoms with Crippen molar-refractivity contribution < 1.29 is 9.90 Å². The fourth-order valence-corrected chi connectivity index (χ4v) is 2.28. The molecule has 0 aliphatic rings. The van der Waals surface area contributed by atoms with Crippen molar-refractivity contribution in [3.63, 3.8) is 0 Å². The molecule has 0 aromatic heterocycles. The lowest BCUT2D eigenvalue weighted by Gasteiger charge is -2.12. The zero-order valence-electron chi connectivity index (χ0n) is 14.2. The molecule has 0 heterocycles. The summed E-state index contributed by atoms with van der Waals surface area (Å²) in [4.78, 5) is 12.3. The summed E-state index contributed by atoms with van der Waals surface area (Å²) < 4.78 is 0. The Bertz CT molecular complexity index is 535. The van der Waals surface area contributed by atoms with Gasteiger partial charge in [-0.15, -0.1) is 0 Å². The molecule has 0 saturated carbocycles. The maximum absolute atomic E-state index is 12.3. The lowest BCUT2D eigenvalue weighted by atomic mass is 9.92. The number of aryl methyl sites for hydroxylation is 1. The van der Waals surface area contributed by atoms with Crippen molar-refractivity contribution >= 4 is 5.78 Å². The van der Waals surface area contributed by atoms with Crippen molar-refractivity contribution in [2.75, 3.05) is 6.61 Å². The van der Waals surface area contributed by atoms with E-state index in [0.29, 0.717) is 6.42 Å². The molecule has 2 nitrogen and oxygen atoms in total. The number of rotatable bonds is 8. The van der Waals surface area contributed by atoms with Gasteiger partial charge >= 0.3 is 0 Å². The average Bonchev–Trinajstić information content (AvgIpc) is 2.47. The first kappa shape index (κ1) is 18.4. The highest BCUT2D eigenvalue weighted by Crippen LogP contribution is 2.19. The largest absolute Gasteiger partial charge is 0.392 e. The van der Waals surface area contributed by atoms with Crippen LogP contribution in [0.1, 0.15) is 56.0 Å². The van der Waals surface area contributed by atoms with Gasteiger partial charge in [-0.2, -0.15) is 0 Å². The monoisotopic (exact) mass is 300 g/mol. The van der Waals surface area contributed by atoms with Crippen LogP contribution in [-0.4, -0.2) is 17.5 Å². The predicted molar refractivity (Wildman–Crippen MR) is 93.1 cm³/mol. The highest BCUT2D eigenvalue weighted by Gasteiger charge is 2.12. The van der Waals surface area contributed by atoms with Crippen LogP contribution in [0, 0.1) is 12.8 Å². The van der Waals surface area contributed by atoms with Crippen molar-refractivity contribution in [1.29, 1.82) is 0 Å². The van der Waals surface area contributed by atoms with Crippen molar-refractivity contribution in [3.8, 4) is 0 Å². The molecule has 1 rings (SSSR count). The van der Waals surface area contributed by atoms with E-state index in [1.54, 1.807) is 0 Å². The maximum Gasteiger partial charge on any atom is 0.163 e. The number of benzene rings is 1. The quantitative estimate of drug-likeness (QED) is 0.549. The zero-order valence-corrected chi connectivity index (χ0v) is 14.2. The van der Waals surface area contributed by atoms with Crippen molar-refractivity contribution in [3.05, 3.63) is 58.7 Å². The number of carbonyl (C=O) groups excluding carboxylic acids is 1. The minimum Gasteiger partial charge on any atom is -0.392 e. The van der Waals surface area contributed by atoms with Gasteiger partial charge in [0.1, 0.15) is 0 Å². The second kappa shape index (κ2) is 9.37. The molecule has 0 saturated heterocycles. The second-order valence-electron chi connectivity index (χ2n) is 6.11. The molecular formula is C20H28O2. The topological polar surface area (TPSA) is 37.3 Å². The maximum atomic E-state index is 12.3. The van der Waals surface area contributed by atoms with E-state index in [1.165, 1.54) is 16.7 Å². The van der Waals surface area contributed by atoms with E-state index in [9.17, 15) is 4.79 Å². The summed E-state index contributed by atoms with van der Waals surface area (Å²) in [6, 6.07) is 7.78. The van der Waals surface area contributed by atoms with Crippen LogP contribution in [0.25, 0.3) is 0 Å². The van der Waals surface area contributed by atoms with Crippen LogP contribution in [0.15, 0.2) is 47.6 Å². The van der Waals surface area contributed by atoms with Gasteiger partial charge in [0.2, 0.25) is 0 Å². The third-order valence-corrected chi connectivity index (χ3v) is 4.09. The van der Waals surface area contributed by atoms with Gasteiger partial charge < -0.3 is 5.11 Å². The fourth-order valence-electron chi connectivity index (χ4n) is 2.28. The summed E-state index contributed by atoms with van der Waals surface area (Å²) in [7, 11) is 0. The molecule has 1 N–H and O–H groups in total. The highest BCUT2D eigenvalue weighted by molar-refractivity contribution is 5.96. The van der Waals surface area contributed by atoms with E-state index < -0.39 is 0 Å². The lowest BCUT2D eigenvalue weighted by molar-refractivity contribution is 0.0970. The summed E-state index contributed by atoms with van der Waals surface area (Å²) >= 11 is 0. The third kappa shape index (κ3) is 6.40. The van der Waals surface area contributed by atoms with E-state index >= 15 is 0 Å². The first-order valence-corrected chi connectivity index (χ1v) is 7.97. The number of aliphatic hydroxyl groups is 1. The molecule has 0 aliphatic heterocycles. The minimum atomic E-state index is 0.107. The minimum absolute atomic E-state index is 0.107. The molecule has 0 radical (unpaired) electrons. The Morgan fingerprint density at radius 2 is 1.82 bits per heavy atom.